The van der Waals surface area contributed by atoms with E-state index in [-0.39, 0.29) is 6.10 Å². The van der Waals surface area contributed by atoms with Crippen molar-refractivity contribution in [3.63, 3.8) is 0 Å². The Morgan fingerprint density at radius 1 is 1.39 bits per heavy atom. The van der Waals surface area contributed by atoms with E-state index in [4.69, 9.17) is 21.1 Å². The summed E-state index contributed by atoms with van der Waals surface area (Å²) in [6.45, 7) is 5.99. The number of halogens is 1. The van der Waals surface area contributed by atoms with E-state index in [2.05, 4.69) is 26.1 Å². The first-order chi connectivity index (χ1) is 13.7. The summed E-state index contributed by atoms with van der Waals surface area (Å²) in [6.07, 6.45) is 2.70. The maximum atomic E-state index is 5.98. The van der Waals surface area contributed by atoms with Gasteiger partial charge in [0.2, 0.25) is 0 Å². The molecular weight excluding hydrogens is 396 g/mol. The highest BCUT2D eigenvalue weighted by Gasteiger charge is 2.24. The molecule has 1 aliphatic heterocycles. The van der Waals surface area contributed by atoms with Gasteiger partial charge in [-0.05, 0) is 31.2 Å². The Bertz CT molecular complexity index is 913. The molecule has 1 fully saturated rings. The zero-order chi connectivity index (χ0) is 19.3. The standard InChI is InChI=1S/C20H23ClN4O2S/c1-14-22-11-18(28-14)12-25-6-8-27-20(13-25)19-10-16(23-24-19)5-7-26-17-4-2-3-15(21)9-17/h2-4,9-11,20H,5-8,12-13H2,1H3,(H,23,24)/t20-/m1/s1. The molecule has 2 aromatic heterocycles. The summed E-state index contributed by atoms with van der Waals surface area (Å²) in [5.74, 6) is 0.775. The Labute approximate surface area is 173 Å². The maximum Gasteiger partial charge on any atom is 0.120 e. The molecular formula is C20H23ClN4O2S. The number of aryl methyl sites for hydroxylation is 1. The Morgan fingerprint density at radius 3 is 3.14 bits per heavy atom. The summed E-state index contributed by atoms with van der Waals surface area (Å²) in [4.78, 5) is 8.03. The monoisotopic (exact) mass is 418 g/mol. The van der Waals surface area contributed by atoms with Crippen LogP contribution < -0.4 is 4.74 Å². The first-order valence-corrected chi connectivity index (χ1v) is 10.5. The van der Waals surface area contributed by atoms with Crippen molar-refractivity contribution < 1.29 is 9.47 Å². The molecule has 0 bridgehead atoms. The van der Waals surface area contributed by atoms with Gasteiger partial charge in [0, 0.05) is 47.8 Å². The van der Waals surface area contributed by atoms with Gasteiger partial charge in [-0.2, -0.15) is 5.10 Å². The highest BCUT2D eigenvalue weighted by atomic mass is 35.5. The van der Waals surface area contributed by atoms with E-state index in [1.165, 1.54) is 4.88 Å². The Hall–Kier alpha value is -1.93. The number of ether oxygens (including phenoxy) is 2. The highest BCUT2D eigenvalue weighted by Crippen LogP contribution is 2.24. The molecule has 0 spiro atoms. The first kappa shape index (κ1) is 19.4. The lowest BCUT2D eigenvalue weighted by Gasteiger charge is -2.31. The molecule has 0 aliphatic carbocycles. The minimum Gasteiger partial charge on any atom is -0.493 e. The van der Waals surface area contributed by atoms with Crippen LogP contribution in [0.15, 0.2) is 36.5 Å². The van der Waals surface area contributed by atoms with Crippen molar-refractivity contribution in [3.05, 3.63) is 62.8 Å². The summed E-state index contributed by atoms with van der Waals surface area (Å²) >= 11 is 7.73. The zero-order valence-corrected chi connectivity index (χ0v) is 17.3. The van der Waals surface area contributed by atoms with Crippen molar-refractivity contribution in [3.8, 4) is 5.75 Å². The minimum absolute atomic E-state index is 0.0124. The summed E-state index contributed by atoms with van der Waals surface area (Å²) < 4.78 is 11.7. The van der Waals surface area contributed by atoms with Gasteiger partial charge in [0.15, 0.2) is 0 Å². The second kappa shape index (κ2) is 9.05. The zero-order valence-electron chi connectivity index (χ0n) is 15.7. The van der Waals surface area contributed by atoms with Crippen molar-refractivity contribution in [1.29, 1.82) is 0 Å². The molecule has 1 atom stereocenters. The van der Waals surface area contributed by atoms with Gasteiger partial charge in [-0.25, -0.2) is 4.98 Å². The highest BCUT2D eigenvalue weighted by molar-refractivity contribution is 7.11. The lowest BCUT2D eigenvalue weighted by Crippen LogP contribution is -2.37. The van der Waals surface area contributed by atoms with Crippen molar-refractivity contribution in [2.45, 2.75) is 26.0 Å². The Kier molecular flexibility index (Phi) is 6.26. The van der Waals surface area contributed by atoms with Crippen LogP contribution in [0.1, 0.15) is 27.4 Å². The average molecular weight is 419 g/mol. The molecule has 0 saturated carbocycles. The van der Waals surface area contributed by atoms with E-state index < -0.39 is 0 Å². The van der Waals surface area contributed by atoms with Gasteiger partial charge in [-0.1, -0.05) is 17.7 Å². The van der Waals surface area contributed by atoms with Gasteiger partial charge in [0.1, 0.15) is 11.9 Å². The van der Waals surface area contributed by atoms with E-state index in [0.717, 1.165) is 48.2 Å². The van der Waals surface area contributed by atoms with E-state index in [1.54, 1.807) is 11.3 Å². The maximum absolute atomic E-state index is 5.98. The molecule has 1 saturated heterocycles. The molecule has 1 N–H and O–H groups in total. The fourth-order valence-electron chi connectivity index (χ4n) is 3.23. The fraction of sp³-hybridized carbons (Fsp3) is 0.400. The number of thiazole rings is 1. The largest absolute Gasteiger partial charge is 0.493 e. The number of aromatic nitrogens is 3. The second-order valence-corrected chi connectivity index (χ2v) is 8.57. The number of nitrogens with one attached hydrogen (secondary N) is 1. The number of H-pyrrole nitrogens is 1. The Morgan fingerprint density at radius 2 is 2.32 bits per heavy atom. The van der Waals surface area contributed by atoms with Gasteiger partial charge in [-0.3, -0.25) is 10.00 Å². The summed E-state index contributed by atoms with van der Waals surface area (Å²) in [7, 11) is 0. The third-order valence-corrected chi connectivity index (χ3v) is 5.75. The van der Waals surface area contributed by atoms with Crippen LogP contribution in [0.2, 0.25) is 5.02 Å². The molecule has 3 heterocycles. The van der Waals surface area contributed by atoms with E-state index in [9.17, 15) is 0 Å². The third kappa shape index (κ3) is 5.11. The van der Waals surface area contributed by atoms with Gasteiger partial charge < -0.3 is 9.47 Å². The quantitative estimate of drug-likeness (QED) is 0.627. The van der Waals surface area contributed by atoms with Crippen LogP contribution in [0.3, 0.4) is 0 Å². The molecule has 0 amide bonds. The molecule has 8 heteroatoms. The van der Waals surface area contributed by atoms with Crippen LogP contribution in [0.5, 0.6) is 5.75 Å². The Balaban J connectivity index is 1.29. The molecule has 1 aliphatic rings. The molecule has 28 heavy (non-hydrogen) atoms. The predicted molar refractivity (Wildman–Crippen MR) is 110 cm³/mol. The van der Waals surface area contributed by atoms with Crippen molar-refractivity contribution in [2.75, 3.05) is 26.3 Å². The predicted octanol–water partition coefficient (Wildman–Crippen LogP) is 4.02. The number of nitrogens with zero attached hydrogens (tertiary/aromatic N) is 3. The molecule has 4 rings (SSSR count). The van der Waals surface area contributed by atoms with E-state index >= 15 is 0 Å². The topological polar surface area (TPSA) is 63.3 Å². The summed E-state index contributed by atoms with van der Waals surface area (Å²) in [5, 5.41) is 9.35. The first-order valence-electron chi connectivity index (χ1n) is 9.33. The molecule has 0 unspecified atom stereocenters. The van der Waals surface area contributed by atoms with Crippen LogP contribution in [0.4, 0.5) is 0 Å². The number of morpholine rings is 1. The van der Waals surface area contributed by atoms with Gasteiger partial charge >= 0.3 is 0 Å². The van der Waals surface area contributed by atoms with Crippen LogP contribution in [0.25, 0.3) is 0 Å². The van der Waals surface area contributed by atoms with Crippen molar-refractivity contribution in [2.24, 2.45) is 0 Å². The molecule has 3 aromatic rings. The van der Waals surface area contributed by atoms with Crippen LogP contribution >= 0.6 is 22.9 Å². The molecule has 148 valence electrons. The van der Waals surface area contributed by atoms with Crippen LogP contribution in [0, 0.1) is 6.92 Å². The summed E-state index contributed by atoms with van der Waals surface area (Å²) in [6, 6.07) is 9.51. The molecule has 0 radical (unpaired) electrons. The number of hydrogen-bond acceptors (Lipinski definition) is 6. The normalized spacial score (nSPS) is 17.7. The third-order valence-electron chi connectivity index (χ3n) is 4.62. The van der Waals surface area contributed by atoms with Crippen LogP contribution in [-0.4, -0.2) is 46.4 Å². The average Bonchev–Trinajstić information content (AvgIpc) is 3.31. The lowest BCUT2D eigenvalue weighted by molar-refractivity contribution is -0.0347. The summed E-state index contributed by atoms with van der Waals surface area (Å²) in [5.41, 5.74) is 1.98. The van der Waals surface area contributed by atoms with E-state index in [1.807, 2.05) is 37.4 Å². The SMILES string of the molecule is Cc1ncc(CN2CCO[C@@H](c3cc(CCOc4cccc(Cl)c4)[nH]n3)C2)s1. The van der Waals surface area contributed by atoms with Crippen LogP contribution in [-0.2, 0) is 17.7 Å². The van der Waals surface area contributed by atoms with Gasteiger partial charge in [0.25, 0.3) is 0 Å². The van der Waals surface area contributed by atoms with E-state index in [0.29, 0.717) is 18.2 Å². The number of aromatic amines is 1. The van der Waals surface area contributed by atoms with Crippen molar-refractivity contribution in [1.82, 2.24) is 20.1 Å². The lowest BCUT2D eigenvalue weighted by atomic mass is 10.2. The number of hydrogen-bond donors (Lipinski definition) is 1. The molecule has 6 nitrogen and oxygen atoms in total. The number of benzene rings is 1. The van der Waals surface area contributed by atoms with Crippen molar-refractivity contribution >= 4 is 22.9 Å². The minimum atomic E-state index is -0.0124. The molecule has 1 aromatic carbocycles. The van der Waals surface area contributed by atoms with Gasteiger partial charge in [-0.15, -0.1) is 11.3 Å². The fourth-order valence-corrected chi connectivity index (χ4v) is 4.25. The number of rotatable bonds is 7. The smallest absolute Gasteiger partial charge is 0.120 e. The second-order valence-electron chi connectivity index (χ2n) is 6.81. The van der Waals surface area contributed by atoms with Gasteiger partial charge in [0.05, 0.1) is 23.9 Å².